The van der Waals surface area contributed by atoms with Gasteiger partial charge in [0.2, 0.25) is 0 Å². The van der Waals surface area contributed by atoms with E-state index in [-0.39, 0.29) is 11.6 Å². The number of aliphatic hydroxyl groups is 1. The van der Waals surface area contributed by atoms with Crippen LogP contribution in [0, 0.1) is 0 Å². The van der Waals surface area contributed by atoms with Crippen LogP contribution in [-0.4, -0.2) is 35.7 Å². The topological polar surface area (TPSA) is 23.5 Å². The summed E-state index contributed by atoms with van der Waals surface area (Å²) < 4.78 is 0. The lowest BCUT2D eigenvalue weighted by molar-refractivity contribution is -0.0353. The first kappa shape index (κ1) is 14.0. The van der Waals surface area contributed by atoms with Crippen LogP contribution in [0.1, 0.15) is 44.1 Å². The SMILES string of the molecule is CN(C)C1(C(O)CCc2ccsc2)CCCCC1. The Morgan fingerprint density at radius 1 is 1.33 bits per heavy atom. The second kappa shape index (κ2) is 6.18. The van der Waals surface area contributed by atoms with E-state index in [9.17, 15) is 5.11 Å². The van der Waals surface area contributed by atoms with E-state index in [1.165, 1.54) is 24.8 Å². The fraction of sp³-hybridized carbons (Fsp3) is 0.733. The van der Waals surface area contributed by atoms with Crippen molar-refractivity contribution in [2.75, 3.05) is 14.1 Å². The van der Waals surface area contributed by atoms with Crippen LogP contribution >= 0.6 is 11.3 Å². The van der Waals surface area contributed by atoms with Gasteiger partial charge in [-0.3, -0.25) is 0 Å². The summed E-state index contributed by atoms with van der Waals surface area (Å²) in [4.78, 5) is 2.27. The smallest absolute Gasteiger partial charge is 0.0726 e. The van der Waals surface area contributed by atoms with Crippen molar-refractivity contribution in [1.29, 1.82) is 0 Å². The van der Waals surface area contributed by atoms with Crippen LogP contribution in [0.3, 0.4) is 0 Å². The number of hydrogen-bond acceptors (Lipinski definition) is 3. The third-order valence-corrected chi connectivity index (χ3v) is 5.25. The molecule has 1 aromatic heterocycles. The summed E-state index contributed by atoms with van der Waals surface area (Å²) in [5.41, 5.74) is 1.39. The highest BCUT2D eigenvalue weighted by atomic mass is 32.1. The summed E-state index contributed by atoms with van der Waals surface area (Å²) in [7, 11) is 4.25. The van der Waals surface area contributed by atoms with E-state index in [1.807, 2.05) is 0 Å². The molecule has 0 aromatic carbocycles. The second-order valence-electron chi connectivity index (χ2n) is 5.74. The molecule has 0 bridgehead atoms. The molecule has 2 rings (SSSR count). The van der Waals surface area contributed by atoms with Crippen molar-refractivity contribution >= 4 is 11.3 Å². The van der Waals surface area contributed by atoms with Gasteiger partial charge in [-0.2, -0.15) is 11.3 Å². The van der Waals surface area contributed by atoms with E-state index in [1.54, 1.807) is 11.3 Å². The summed E-state index contributed by atoms with van der Waals surface area (Å²) in [6.07, 6.45) is 7.81. The van der Waals surface area contributed by atoms with Gasteiger partial charge in [-0.25, -0.2) is 0 Å². The molecule has 1 unspecified atom stereocenters. The standard InChI is InChI=1S/C15H25NOS/c1-16(2)15(9-4-3-5-10-15)14(17)7-6-13-8-11-18-12-13/h8,11-12,14,17H,3-7,9-10H2,1-2H3. The van der Waals surface area contributed by atoms with Crippen molar-refractivity contribution in [3.63, 3.8) is 0 Å². The highest BCUT2D eigenvalue weighted by Crippen LogP contribution is 2.36. The fourth-order valence-corrected chi connectivity index (χ4v) is 3.95. The van der Waals surface area contributed by atoms with Crippen molar-refractivity contribution < 1.29 is 5.11 Å². The Hall–Kier alpha value is -0.380. The first-order valence-corrected chi connectivity index (χ1v) is 7.96. The Balaban J connectivity index is 1.97. The molecule has 0 amide bonds. The third-order valence-electron chi connectivity index (χ3n) is 4.52. The monoisotopic (exact) mass is 267 g/mol. The van der Waals surface area contributed by atoms with Crippen molar-refractivity contribution in [3.8, 4) is 0 Å². The van der Waals surface area contributed by atoms with Gasteiger partial charge in [-0.15, -0.1) is 0 Å². The van der Waals surface area contributed by atoms with E-state index in [4.69, 9.17) is 0 Å². The molecule has 18 heavy (non-hydrogen) atoms. The Morgan fingerprint density at radius 2 is 2.06 bits per heavy atom. The van der Waals surface area contributed by atoms with Crippen molar-refractivity contribution in [2.24, 2.45) is 0 Å². The molecule has 3 heteroatoms. The highest BCUT2D eigenvalue weighted by Gasteiger charge is 2.40. The molecule has 1 saturated carbocycles. The summed E-state index contributed by atoms with van der Waals surface area (Å²) in [6.45, 7) is 0. The maximum absolute atomic E-state index is 10.7. The molecule has 2 nitrogen and oxygen atoms in total. The van der Waals surface area contributed by atoms with Crippen LogP contribution in [0.15, 0.2) is 16.8 Å². The van der Waals surface area contributed by atoms with E-state index < -0.39 is 0 Å². The summed E-state index contributed by atoms with van der Waals surface area (Å²) in [5.74, 6) is 0. The van der Waals surface area contributed by atoms with E-state index >= 15 is 0 Å². The average Bonchev–Trinajstić information content (AvgIpc) is 2.89. The number of thiophene rings is 1. The number of aliphatic hydroxyl groups excluding tert-OH is 1. The normalized spacial score (nSPS) is 21.1. The molecule has 1 atom stereocenters. The van der Waals surface area contributed by atoms with Gasteiger partial charge in [0, 0.05) is 5.54 Å². The van der Waals surface area contributed by atoms with Gasteiger partial charge in [0.05, 0.1) is 6.10 Å². The Morgan fingerprint density at radius 3 is 2.61 bits per heavy atom. The van der Waals surface area contributed by atoms with Gasteiger partial charge >= 0.3 is 0 Å². The van der Waals surface area contributed by atoms with Crippen LogP contribution < -0.4 is 0 Å². The van der Waals surface area contributed by atoms with Gasteiger partial charge in [-0.05, 0) is 62.2 Å². The molecule has 0 saturated heterocycles. The minimum atomic E-state index is -0.201. The van der Waals surface area contributed by atoms with Gasteiger partial charge in [0.15, 0.2) is 0 Å². The third kappa shape index (κ3) is 2.95. The zero-order valence-electron chi connectivity index (χ0n) is 11.6. The number of nitrogens with zero attached hydrogens (tertiary/aromatic N) is 1. The summed E-state index contributed by atoms with van der Waals surface area (Å²) >= 11 is 1.74. The number of hydrogen-bond donors (Lipinski definition) is 1. The number of aryl methyl sites for hydroxylation is 1. The number of rotatable bonds is 5. The molecule has 1 heterocycles. The molecule has 102 valence electrons. The quantitative estimate of drug-likeness (QED) is 0.885. The van der Waals surface area contributed by atoms with Gasteiger partial charge in [0.25, 0.3) is 0 Å². The van der Waals surface area contributed by atoms with Crippen LogP contribution in [0.2, 0.25) is 0 Å². The molecular weight excluding hydrogens is 242 g/mol. The predicted molar refractivity (Wildman–Crippen MR) is 78.1 cm³/mol. The van der Waals surface area contributed by atoms with Crippen LogP contribution in [0.4, 0.5) is 0 Å². The Bertz CT molecular complexity index is 341. The Kier molecular flexibility index (Phi) is 4.82. The fourth-order valence-electron chi connectivity index (χ4n) is 3.25. The molecule has 0 spiro atoms. The zero-order chi connectivity index (χ0) is 13.0. The first-order valence-electron chi connectivity index (χ1n) is 7.02. The van der Waals surface area contributed by atoms with E-state index in [0.29, 0.717) is 0 Å². The lowest BCUT2D eigenvalue weighted by atomic mass is 9.75. The van der Waals surface area contributed by atoms with Crippen LogP contribution in [0.5, 0.6) is 0 Å². The van der Waals surface area contributed by atoms with Crippen molar-refractivity contribution in [3.05, 3.63) is 22.4 Å². The predicted octanol–water partition coefficient (Wildman–Crippen LogP) is 3.31. The lowest BCUT2D eigenvalue weighted by Gasteiger charge is -2.46. The lowest BCUT2D eigenvalue weighted by Crippen LogP contribution is -2.54. The second-order valence-corrected chi connectivity index (χ2v) is 6.52. The van der Waals surface area contributed by atoms with Gasteiger partial charge in [-0.1, -0.05) is 19.3 Å². The maximum atomic E-state index is 10.7. The van der Waals surface area contributed by atoms with Crippen molar-refractivity contribution in [2.45, 2.75) is 56.6 Å². The molecule has 0 aliphatic heterocycles. The van der Waals surface area contributed by atoms with Gasteiger partial charge < -0.3 is 10.0 Å². The van der Waals surface area contributed by atoms with Crippen molar-refractivity contribution in [1.82, 2.24) is 4.90 Å². The van der Waals surface area contributed by atoms with E-state index in [0.717, 1.165) is 25.7 Å². The molecular formula is C15H25NOS. The molecule has 1 fully saturated rings. The highest BCUT2D eigenvalue weighted by molar-refractivity contribution is 7.07. The molecule has 1 aromatic rings. The molecule has 0 radical (unpaired) electrons. The van der Waals surface area contributed by atoms with Crippen LogP contribution in [-0.2, 0) is 6.42 Å². The Labute approximate surface area is 115 Å². The summed E-state index contributed by atoms with van der Waals surface area (Å²) in [5, 5.41) is 15.0. The van der Waals surface area contributed by atoms with E-state index in [2.05, 4.69) is 35.8 Å². The maximum Gasteiger partial charge on any atom is 0.0726 e. The first-order chi connectivity index (χ1) is 8.65. The summed E-state index contributed by atoms with van der Waals surface area (Å²) in [6, 6.07) is 2.17. The largest absolute Gasteiger partial charge is 0.391 e. The number of likely N-dealkylation sites (N-methyl/N-ethyl adjacent to an activating group) is 1. The minimum Gasteiger partial charge on any atom is -0.391 e. The zero-order valence-corrected chi connectivity index (χ0v) is 12.4. The molecule has 1 aliphatic rings. The molecule has 1 N–H and O–H groups in total. The molecule has 1 aliphatic carbocycles. The van der Waals surface area contributed by atoms with Gasteiger partial charge in [0.1, 0.15) is 0 Å². The average molecular weight is 267 g/mol. The van der Waals surface area contributed by atoms with Crippen LogP contribution in [0.25, 0.3) is 0 Å². The minimum absolute atomic E-state index is 0.0221.